The first-order valence-corrected chi connectivity index (χ1v) is 11.8. The van der Waals surface area contributed by atoms with Crippen LogP contribution >= 0.6 is 0 Å². The van der Waals surface area contributed by atoms with Gasteiger partial charge in [0, 0.05) is 23.4 Å². The second kappa shape index (κ2) is 9.43. The maximum absolute atomic E-state index is 12.8. The average molecular weight is 465 g/mol. The first kappa shape index (κ1) is 22.5. The second-order valence-corrected chi connectivity index (χ2v) is 9.28. The third-order valence-corrected chi connectivity index (χ3v) is 6.69. The third kappa shape index (κ3) is 5.05. The van der Waals surface area contributed by atoms with Crippen LogP contribution in [0.15, 0.2) is 82.3 Å². The van der Waals surface area contributed by atoms with Crippen LogP contribution in [0.25, 0.3) is 5.69 Å². The van der Waals surface area contributed by atoms with E-state index in [-0.39, 0.29) is 29.5 Å². The smallest absolute Gasteiger partial charge is 0.251 e. The molecule has 4 aromatic rings. The van der Waals surface area contributed by atoms with Crippen molar-refractivity contribution in [3.63, 3.8) is 0 Å². The molecule has 0 bridgehead atoms. The summed E-state index contributed by atoms with van der Waals surface area (Å²) in [5.41, 5.74) is 3.85. The zero-order chi connectivity index (χ0) is 23.4. The van der Waals surface area contributed by atoms with Crippen molar-refractivity contribution in [3.05, 3.63) is 101 Å². The number of nitrogens with zero attached hydrogens (tertiary/aromatic N) is 2. The molecule has 0 aliphatic carbocycles. The number of amides is 1. The molecule has 33 heavy (non-hydrogen) atoms. The molecule has 9 heteroatoms. The Hall–Kier alpha value is -3.69. The molecule has 2 aromatic carbocycles. The van der Waals surface area contributed by atoms with Crippen molar-refractivity contribution in [2.45, 2.75) is 31.8 Å². The molecule has 2 heterocycles. The molecule has 0 saturated carbocycles. The number of nitrogens with one attached hydrogen (secondary N) is 2. The number of carbonyl (C=O) groups is 1. The summed E-state index contributed by atoms with van der Waals surface area (Å²) in [5.74, 6) is 0.124. The topological polar surface area (TPSA) is 106 Å². The van der Waals surface area contributed by atoms with Crippen LogP contribution in [0.4, 0.5) is 0 Å². The maximum atomic E-state index is 12.8. The summed E-state index contributed by atoms with van der Waals surface area (Å²) in [7, 11) is -3.80. The minimum absolute atomic E-state index is 0.00552. The number of furan rings is 1. The summed E-state index contributed by atoms with van der Waals surface area (Å²) in [5, 5.41) is 7.46. The standard InChI is InChI=1S/C24H24N4O4S/c1-17-23(18(2)28(27-17)20-9-4-3-5-10-20)16-25-24(29)19-8-6-12-22(14-19)33(30,31)26-15-21-11-7-13-32-21/h3-14,26H,15-16H2,1-2H3,(H,25,29). The van der Waals surface area contributed by atoms with Crippen molar-refractivity contribution >= 4 is 15.9 Å². The minimum Gasteiger partial charge on any atom is -0.468 e. The van der Waals surface area contributed by atoms with Crippen molar-refractivity contribution in [1.82, 2.24) is 19.8 Å². The van der Waals surface area contributed by atoms with E-state index in [1.54, 1.807) is 24.3 Å². The fourth-order valence-electron chi connectivity index (χ4n) is 3.49. The molecule has 0 aliphatic heterocycles. The van der Waals surface area contributed by atoms with Gasteiger partial charge in [-0.1, -0.05) is 24.3 Å². The normalized spacial score (nSPS) is 11.5. The predicted molar refractivity (Wildman–Crippen MR) is 123 cm³/mol. The van der Waals surface area contributed by atoms with Crippen LogP contribution in [-0.2, 0) is 23.1 Å². The number of carbonyl (C=O) groups excluding carboxylic acids is 1. The van der Waals surface area contributed by atoms with Gasteiger partial charge in [-0.2, -0.15) is 5.10 Å². The number of hydrogen-bond donors (Lipinski definition) is 2. The Morgan fingerprint density at radius 2 is 1.79 bits per heavy atom. The number of aryl methyl sites for hydroxylation is 1. The molecule has 4 rings (SSSR count). The Balaban J connectivity index is 1.46. The Kier molecular flexibility index (Phi) is 6.43. The third-order valence-electron chi connectivity index (χ3n) is 5.29. The van der Waals surface area contributed by atoms with E-state index < -0.39 is 10.0 Å². The molecule has 0 unspecified atom stereocenters. The number of aromatic nitrogens is 2. The van der Waals surface area contributed by atoms with Gasteiger partial charge in [-0.05, 0) is 56.3 Å². The maximum Gasteiger partial charge on any atom is 0.251 e. The number of rotatable bonds is 8. The number of benzene rings is 2. The van der Waals surface area contributed by atoms with Crippen LogP contribution in [0.3, 0.4) is 0 Å². The number of sulfonamides is 1. The monoisotopic (exact) mass is 464 g/mol. The molecule has 170 valence electrons. The van der Waals surface area contributed by atoms with Crippen LogP contribution in [0.2, 0.25) is 0 Å². The summed E-state index contributed by atoms with van der Waals surface area (Å²) >= 11 is 0. The first-order chi connectivity index (χ1) is 15.8. The molecule has 2 aromatic heterocycles. The van der Waals surface area contributed by atoms with Crippen molar-refractivity contribution in [3.8, 4) is 5.69 Å². The van der Waals surface area contributed by atoms with Crippen molar-refractivity contribution < 1.29 is 17.6 Å². The van der Waals surface area contributed by atoms with Gasteiger partial charge in [0.05, 0.1) is 29.1 Å². The lowest BCUT2D eigenvalue weighted by atomic mass is 10.1. The molecule has 0 radical (unpaired) electrons. The van der Waals surface area contributed by atoms with Gasteiger partial charge in [-0.15, -0.1) is 0 Å². The fraction of sp³-hybridized carbons (Fsp3) is 0.167. The molecule has 0 saturated heterocycles. The molecule has 0 spiro atoms. The van der Waals surface area contributed by atoms with Gasteiger partial charge in [0.25, 0.3) is 5.91 Å². The highest BCUT2D eigenvalue weighted by Crippen LogP contribution is 2.18. The van der Waals surface area contributed by atoms with Gasteiger partial charge >= 0.3 is 0 Å². The van der Waals surface area contributed by atoms with E-state index in [1.807, 2.05) is 48.9 Å². The van der Waals surface area contributed by atoms with Crippen LogP contribution in [0.5, 0.6) is 0 Å². The van der Waals surface area contributed by atoms with Crippen LogP contribution < -0.4 is 10.0 Å². The SMILES string of the molecule is Cc1nn(-c2ccccc2)c(C)c1CNC(=O)c1cccc(S(=O)(=O)NCc2ccco2)c1. The first-order valence-electron chi connectivity index (χ1n) is 10.4. The Morgan fingerprint density at radius 3 is 2.52 bits per heavy atom. The largest absolute Gasteiger partial charge is 0.468 e. The summed E-state index contributed by atoms with van der Waals surface area (Å²) in [6.45, 7) is 4.14. The zero-order valence-electron chi connectivity index (χ0n) is 18.3. The van der Waals surface area contributed by atoms with Gasteiger partial charge in [-0.25, -0.2) is 17.8 Å². The van der Waals surface area contributed by atoms with Gasteiger partial charge in [0.15, 0.2) is 0 Å². The minimum atomic E-state index is -3.80. The second-order valence-electron chi connectivity index (χ2n) is 7.51. The van der Waals surface area contributed by atoms with E-state index in [0.717, 1.165) is 22.6 Å². The molecular formula is C24H24N4O4S. The van der Waals surface area contributed by atoms with E-state index in [4.69, 9.17) is 4.42 Å². The summed E-state index contributed by atoms with van der Waals surface area (Å²) in [6.07, 6.45) is 1.47. The van der Waals surface area contributed by atoms with E-state index in [1.165, 1.54) is 18.4 Å². The van der Waals surface area contributed by atoms with Crippen LogP contribution in [0.1, 0.15) is 33.1 Å². The van der Waals surface area contributed by atoms with Gasteiger partial charge in [0.2, 0.25) is 10.0 Å². The van der Waals surface area contributed by atoms with Gasteiger partial charge in [-0.3, -0.25) is 4.79 Å². The Bertz CT molecular complexity index is 1360. The van der Waals surface area contributed by atoms with Crippen molar-refractivity contribution in [2.24, 2.45) is 0 Å². The zero-order valence-corrected chi connectivity index (χ0v) is 19.1. The highest BCUT2D eigenvalue weighted by Gasteiger charge is 2.18. The molecule has 0 fully saturated rings. The van der Waals surface area contributed by atoms with Crippen molar-refractivity contribution in [2.75, 3.05) is 0 Å². The fourth-order valence-corrected chi connectivity index (χ4v) is 4.53. The predicted octanol–water partition coefficient (Wildman–Crippen LogP) is 3.49. The lowest BCUT2D eigenvalue weighted by molar-refractivity contribution is 0.0950. The van der Waals surface area contributed by atoms with Crippen LogP contribution in [-0.4, -0.2) is 24.1 Å². The Labute approximate surface area is 192 Å². The van der Waals surface area contributed by atoms with E-state index in [9.17, 15) is 13.2 Å². The Morgan fingerprint density at radius 1 is 1.00 bits per heavy atom. The number of para-hydroxylation sites is 1. The van der Waals surface area contributed by atoms with Crippen molar-refractivity contribution in [1.29, 1.82) is 0 Å². The lowest BCUT2D eigenvalue weighted by Crippen LogP contribution is -2.25. The van der Waals surface area contributed by atoms with E-state index in [2.05, 4.69) is 15.1 Å². The number of hydrogen-bond acceptors (Lipinski definition) is 5. The highest BCUT2D eigenvalue weighted by atomic mass is 32.2. The van der Waals surface area contributed by atoms with Gasteiger partial charge < -0.3 is 9.73 Å². The quantitative estimate of drug-likeness (QED) is 0.415. The summed E-state index contributed by atoms with van der Waals surface area (Å²) in [4.78, 5) is 12.8. The molecule has 8 nitrogen and oxygen atoms in total. The lowest BCUT2D eigenvalue weighted by Gasteiger charge is -2.09. The van der Waals surface area contributed by atoms with E-state index in [0.29, 0.717) is 5.76 Å². The van der Waals surface area contributed by atoms with E-state index >= 15 is 0 Å². The van der Waals surface area contributed by atoms with Crippen LogP contribution in [0, 0.1) is 13.8 Å². The average Bonchev–Trinajstić information content (AvgIpc) is 3.45. The summed E-state index contributed by atoms with van der Waals surface area (Å²) in [6, 6.07) is 19.0. The summed E-state index contributed by atoms with van der Waals surface area (Å²) < 4.78 is 34.7. The molecule has 0 aliphatic rings. The highest BCUT2D eigenvalue weighted by molar-refractivity contribution is 7.89. The molecule has 2 N–H and O–H groups in total. The van der Waals surface area contributed by atoms with Gasteiger partial charge in [0.1, 0.15) is 5.76 Å². The molecule has 0 atom stereocenters. The molecular weight excluding hydrogens is 440 g/mol. The molecule has 1 amide bonds.